The molecule has 8 heteroatoms. The molecular weight excluding hydrogens is 472 g/mol. The number of hydrogen-bond acceptors (Lipinski definition) is 5. The van der Waals surface area contributed by atoms with Crippen molar-refractivity contribution in [3.05, 3.63) is 46.8 Å². The number of likely N-dealkylation sites (tertiary alicyclic amines) is 2. The number of rotatable bonds is 6. The molecule has 194 valence electrons. The number of urea groups is 1. The molecule has 3 fully saturated rings. The zero-order chi connectivity index (χ0) is 25.1. The van der Waals surface area contributed by atoms with E-state index in [2.05, 4.69) is 36.5 Å². The zero-order valence-electron chi connectivity index (χ0n) is 21.4. The third-order valence-electron chi connectivity index (χ3n) is 7.92. The second-order valence-corrected chi connectivity index (χ2v) is 11.4. The highest BCUT2D eigenvalue weighted by Gasteiger charge is 2.36. The Morgan fingerprint density at radius 1 is 0.972 bits per heavy atom. The lowest BCUT2D eigenvalue weighted by atomic mass is 10.1. The van der Waals surface area contributed by atoms with Gasteiger partial charge in [0.2, 0.25) is 0 Å². The number of carbonyl (C=O) groups is 2. The molecule has 0 aliphatic carbocycles. The summed E-state index contributed by atoms with van der Waals surface area (Å²) in [6, 6.07) is 13.6. The highest BCUT2D eigenvalue weighted by Crippen LogP contribution is 2.30. The van der Waals surface area contributed by atoms with E-state index in [9.17, 15) is 9.59 Å². The lowest BCUT2D eigenvalue weighted by molar-refractivity contribution is 0.0739. The topological polar surface area (TPSA) is 65.1 Å². The fraction of sp³-hybridized carbons (Fsp3) is 0.571. The first-order valence-electron chi connectivity index (χ1n) is 13.4. The van der Waals surface area contributed by atoms with E-state index in [1.165, 1.54) is 5.56 Å². The van der Waals surface area contributed by atoms with Gasteiger partial charge in [-0.25, -0.2) is 4.79 Å². The van der Waals surface area contributed by atoms with Gasteiger partial charge in [-0.1, -0.05) is 31.2 Å². The Morgan fingerprint density at radius 2 is 1.69 bits per heavy atom. The molecule has 0 saturated carbocycles. The highest BCUT2D eigenvalue weighted by atomic mass is 32.1. The molecule has 0 bridgehead atoms. The van der Waals surface area contributed by atoms with E-state index in [0.717, 1.165) is 73.7 Å². The number of nitrogens with one attached hydrogen (secondary N) is 1. The summed E-state index contributed by atoms with van der Waals surface area (Å²) < 4.78 is 5.46. The third kappa shape index (κ3) is 5.61. The molecule has 3 aliphatic rings. The van der Waals surface area contributed by atoms with E-state index in [1.807, 2.05) is 33.9 Å². The number of carbonyl (C=O) groups excluding carboxylic acids is 2. The largest absolute Gasteiger partial charge is 0.381 e. The van der Waals surface area contributed by atoms with Crippen molar-refractivity contribution in [2.45, 2.75) is 57.2 Å². The fourth-order valence-corrected chi connectivity index (χ4v) is 6.55. The predicted molar refractivity (Wildman–Crippen MR) is 144 cm³/mol. The molecule has 1 N–H and O–H groups in total. The lowest BCUT2D eigenvalue weighted by Crippen LogP contribution is -2.46. The Labute approximate surface area is 218 Å². The number of aryl methyl sites for hydroxylation is 1. The summed E-state index contributed by atoms with van der Waals surface area (Å²) in [7, 11) is 1.88. The number of nitrogens with zero attached hydrogens (tertiary/aromatic N) is 3. The number of ether oxygens (including phenoxy) is 1. The summed E-state index contributed by atoms with van der Waals surface area (Å²) in [5.74, 6) is 0.0395. The Bertz CT molecular complexity index is 1050. The van der Waals surface area contributed by atoms with Crippen molar-refractivity contribution < 1.29 is 14.3 Å². The minimum absolute atomic E-state index is 0.0395. The molecule has 3 saturated heterocycles. The smallest absolute Gasteiger partial charge is 0.320 e. The van der Waals surface area contributed by atoms with E-state index < -0.39 is 0 Å². The van der Waals surface area contributed by atoms with Crippen LogP contribution in [0.5, 0.6) is 0 Å². The predicted octanol–water partition coefficient (Wildman–Crippen LogP) is 4.09. The second-order valence-electron chi connectivity index (χ2n) is 10.3. The number of benzene rings is 1. The van der Waals surface area contributed by atoms with Gasteiger partial charge in [-0.2, -0.15) is 0 Å². The Morgan fingerprint density at radius 3 is 2.44 bits per heavy atom. The molecule has 36 heavy (non-hydrogen) atoms. The van der Waals surface area contributed by atoms with Crippen LogP contribution in [0.4, 0.5) is 4.79 Å². The van der Waals surface area contributed by atoms with E-state index >= 15 is 0 Å². The first kappa shape index (κ1) is 25.2. The van der Waals surface area contributed by atoms with Gasteiger partial charge in [0.15, 0.2) is 0 Å². The van der Waals surface area contributed by atoms with E-state index in [0.29, 0.717) is 25.2 Å². The van der Waals surface area contributed by atoms with Gasteiger partial charge < -0.3 is 24.8 Å². The van der Waals surface area contributed by atoms with E-state index in [4.69, 9.17) is 4.74 Å². The van der Waals surface area contributed by atoms with Crippen molar-refractivity contribution in [2.75, 3.05) is 46.4 Å². The highest BCUT2D eigenvalue weighted by molar-refractivity contribution is 7.17. The summed E-state index contributed by atoms with van der Waals surface area (Å²) in [4.78, 5) is 34.1. The average molecular weight is 511 g/mol. The lowest BCUT2D eigenvalue weighted by Gasteiger charge is -2.28. The SMILES string of the molecule is CCc1ccc(-c2ccc(C(=O)N(C)[C@H]3CCN(C(=O)N4CC[C@@H](NC5CCOCC5)C4)C3)s2)cc1. The van der Waals surface area contributed by atoms with Crippen molar-refractivity contribution in [1.29, 1.82) is 0 Å². The van der Waals surface area contributed by atoms with Gasteiger partial charge in [0.25, 0.3) is 5.91 Å². The van der Waals surface area contributed by atoms with Crippen LogP contribution >= 0.6 is 11.3 Å². The molecule has 2 atom stereocenters. The average Bonchev–Trinajstić information content (AvgIpc) is 3.69. The van der Waals surface area contributed by atoms with Crippen LogP contribution in [0, 0.1) is 0 Å². The van der Waals surface area contributed by atoms with Crippen LogP contribution in [0.1, 0.15) is 47.8 Å². The minimum atomic E-state index is 0.0395. The third-order valence-corrected chi connectivity index (χ3v) is 9.04. The quantitative estimate of drug-likeness (QED) is 0.636. The molecule has 3 amide bonds. The van der Waals surface area contributed by atoms with Crippen LogP contribution in [-0.4, -0.2) is 91.2 Å². The zero-order valence-corrected chi connectivity index (χ0v) is 22.3. The molecule has 0 spiro atoms. The number of thiophene rings is 1. The molecule has 3 aliphatic heterocycles. The molecular formula is C28H38N4O3S. The molecule has 1 aromatic carbocycles. The molecule has 2 aromatic rings. The maximum atomic E-state index is 13.2. The number of hydrogen-bond donors (Lipinski definition) is 1. The van der Waals surface area contributed by atoms with Crippen molar-refractivity contribution in [2.24, 2.45) is 0 Å². The van der Waals surface area contributed by atoms with Crippen LogP contribution in [0.3, 0.4) is 0 Å². The summed E-state index contributed by atoms with van der Waals surface area (Å²) >= 11 is 1.54. The Hall–Kier alpha value is -2.42. The minimum Gasteiger partial charge on any atom is -0.381 e. The summed E-state index contributed by atoms with van der Waals surface area (Å²) in [5, 5.41) is 3.73. The fourth-order valence-electron chi connectivity index (χ4n) is 5.55. The van der Waals surface area contributed by atoms with Gasteiger partial charge in [-0.15, -0.1) is 11.3 Å². The molecule has 5 rings (SSSR count). The maximum absolute atomic E-state index is 13.2. The van der Waals surface area contributed by atoms with Gasteiger partial charge in [0, 0.05) is 63.4 Å². The molecule has 0 radical (unpaired) electrons. The second kappa shape index (κ2) is 11.3. The summed E-state index contributed by atoms with van der Waals surface area (Å²) in [6.07, 6.45) is 4.94. The number of likely N-dealkylation sites (N-methyl/N-ethyl adjacent to an activating group) is 1. The van der Waals surface area contributed by atoms with E-state index in [1.54, 1.807) is 11.3 Å². The molecule has 7 nitrogen and oxygen atoms in total. The van der Waals surface area contributed by atoms with Crippen LogP contribution in [0.15, 0.2) is 36.4 Å². The monoisotopic (exact) mass is 510 g/mol. The Balaban J connectivity index is 1.13. The Kier molecular flexibility index (Phi) is 7.93. The summed E-state index contributed by atoms with van der Waals surface area (Å²) in [6.45, 7) is 6.68. The van der Waals surface area contributed by atoms with Gasteiger partial charge in [0.05, 0.1) is 10.9 Å². The van der Waals surface area contributed by atoms with Gasteiger partial charge >= 0.3 is 6.03 Å². The van der Waals surface area contributed by atoms with Crippen molar-refractivity contribution in [1.82, 2.24) is 20.0 Å². The van der Waals surface area contributed by atoms with Crippen molar-refractivity contribution in [3.8, 4) is 10.4 Å². The summed E-state index contributed by atoms with van der Waals surface area (Å²) in [5.41, 5.74) is 2.46. The van der Waals surface area contributed by atoms with Crippen LogP contribution in [-0.2, 0) is 11.2 Å². The van der Waals surface area contributed by atoms with E-state index in [-0.39, 0.29) is 18.0 Å². The molecule has 4 heterocycles. The van der Waals surface area contributed by atoms with Crippen molar-refractivity contribution in [3.63, 3.8) is 0 Å². The van der Waals surface area contributed by atoms with Crippen molar-refractivity contribution >= 4 is 23.3 Å². The maximum Gasteiger partial charge on any atom is 0.320 e. The first-order chi connectivity index (χ1) is 17.5. The van der Waals surface area contributed by atoms with Gasteiger partial charge in [0.1, 0.15) is 0 Å². The number of amides is 3. The molecule has 1 aromatic heterocycles. The van der Waals surface area contributed by atoms with Crippen LogP contribution in [0.25, 0.3) is 10.4 Å². The van der Waals surface area contributed by atoms with Crippen LogP contribution in [0.2, 0.25) is 0 Å². The first-order valence-corrected chi connectivity index (χ1v) is 14.2. The van der Waals surface area contributed by atoms with Gasteiger partial charge in [-0.05, 0) is 55.4 Å². The molecule has 0 unspecified atom stereocenters. The standard InChI is InChI=1S/C28H38N4O3S/c1-3-20-4-6-21(7-5-20)25-8-9-26(36-25)27(33)30(2)24-11-15-32(19-24)28(34)31-14-10-23(18-31)29-22-12-16-35-17-13-22/h4-9,22-24,29H,3,10-19H2,1-2H3/t23-,24+/m1/s1. The van der Waals surface area contributed by atoms with Gasteiger partial charge in [-0.3, -0.25) is 4.79 Å². The van der Waals surface area contributed by atoms with Crippen LogP contribution < -0.4 is 5.32 Å². The normalized spacial score (nSPS) is 22.8.